The van der Waals surface area contributed by atoms with Crippen LogP contribution in [-0.4, -0.2) is 37.2 Å². The summed E-state index contributed by atoms with van der Waals surface area (Å²) in [5.41, 5.74) is 0. The average molecular weight is 1150 g/mol. The maximum Gasteiger partial charge on any atom is 0.306 e. The Bertz CT molecular complexity index is 1660. The van der Waals surface area contributed by atoms with Gasteiger partial charge in [-0.2, -0.15) is 0 Å². The van der Waals surface area contributed by atoms with Crippen LogP contribution in [-0.2, 0) is 28.6 Å². The van der Waals surface area contributed by atoms with Gasteiger partial charge in [0.1, 0.15) is 13.2 Å². The van der Waals surface area contributed by atoms with E-state index < -0.39 is 6.10 Å². The Morgan fingerprint density at radius 2 is 0.470 bits per heavy atom. The third-order valence-electron chi connectivity index (χ3n) is 15.3. The first kappa shape index (κ1) is 79.1. The van der Waals surface area contributed by atoms with Gasteiger partial charge in [0.05, 0.1) is 0 Å². The van der Waals surface area contributed by atoms with Gasteiger partial charge >= 0.3 is 17.9 Å². The second-order valence-electron chi connectivity index (χ2n) is 23.4. The Labute approximate surface area is 514 Å². The molecule has 0 aromatic carbocycles. The van der Waals surface area contributed by atoms with E-state index >= 15 is 0 Å². The summed E-state index contributed by atoms with van der Waals surface area (Å²) < 4.78 is 17.0. The van der Waals surface area contributed by atoms with Gasteiger partial charge in [-0.05, 0) is 89.9 Å². The van der Waals surface area contributed by atoms with E-state index in [2.05, 4.69) is 130 Å². The molecule has 0 heterocycles. The predicted molar refractivity (Wildman–Crippen MR) is 362 cm³/mol. The van der Waals surface area contributed by atoms with Crippen LogP contribution >= 0.6 is 0 Å². The molecule has 0 aromatic rings. The molecule has 0 aliphatic heterocycles. The quantitative estimate of drug-likeness (QED) is 0.0261. The molecule has 6 heteroatoms. The zero-order valence-electron chi connectivity index (χ0n) is 54.7. The Balaban J connectivity index is 4.31. The summed E-state index contributed by atoms with van der Waals surface area (Å²) in [6.45, 7) is 6.55. The summed E-state index contributed by atoms with van der Waals surface area (Å²) in [5.74, 6) is -0.883. The molecule has 0 bridgehead atoms. The molecule has 0 N–H and O–H groups in total. The van der Waals surface area contributed by atoms with Crippen molar-refractivity contribution in [3.63, 3.8) is 0 Å². The van der Waals surface area contributed by atoms with Gasteiger partial charge in [0, 0.05) is 19.3 Å². The number of unbranched alkanes of at least 4 members (excludes halogenated alkanes) is 35. The van der Waals surface area contributed by atoms with Crippen molar-refractivity contribution >= 4 is 17.9 Å². The zero-order chi connectivity index (χ0) is 59.9. The van der Waals surface area contributed by atoms with Gasteiger partial charge in [0.2, 0.25) is 0 Å². The minimum absolute atomic E-state index is 0.0795. The number of carbonyl (C=O) groups is 3. The second-order valence-corrected chi connectivity index (χ2v) is 23.4. The van der Waals surface area contributed by atoms with Crippen molar-refractivity contribution in [2.24, 2.45) is 0 Å². The largest absolute Gasteiger partial charge is 0.462 e. The smallest absolute Gasteiger partial charge is 0.306 e. The second kappa shape index (κ2) is 70.6. The SMILES string of the molecule is CC/C=C\C/C=C\C/C=C\C/C=C\C/C=C\C/C=C\C/C=C\C/C=C\C/C=C\CCCCCCCC(=O)OCC(COC(=O)CCCCCCCCCCCCCCC)OC(=O)CCCCCCCCCCCCCCCCCCCCC. The number of ether oxygens (including phenoxy) is 3. The summed E-state index contributed by atoms with van der Waals surface area (Å²) in [6, 6.07) is 0. The number of hydrogen-bond donors (Lipinski definition) is 0. The first-order chi connectivity index (χ1) is 41.0. The van der Waals surface area contributed by atoms with Crippen LogP contribution in [0.5, 0.6) is 0 Å². The maximum absolute atomic E-state index is 12.9. The Kier molecular flexibility index (Phi) is 67.2. The van der Waals surface area contributed by atoms with E-state index in [0.717, 1.165) is 135 Å². The number of hydrogen-bond acceptors (Lipinski definition) is 6. The van der Waals surface area contributed by atoms with Crippen molar-refractivity contribution in [2.75, 3.05) is 13.2 Å². The molecule has 0 amide bonds. The van der Waals surface area contributed by atoms with Crippen molar-refractivity contribution in [1.82, 2.24) is 0 Å². The minimum Gasteiger partial charge on any atom is -0.462 e. The van der Waals surface area contributed by atoms with Crippen molar-refractivity contribution in [3.8, 4) is 0 Å². The summed E-state index contributed by atoms with van der Waals surface area (Å²) >= 11 is 0. The van der Waals surface area contributed by atoms with E-state index in [1.807, 2.05) is 0 Å². The van der Waals surface area contributed by atoms with E-state index in [1.165, 1.54) is 167 Å². The topological polar surface area (TPSA) is 78.9 Å². The van der Waals surface area contributed by atoms with Gasteiger partial charge in [0.15, 0.2) is 6.10 Å². The zero-order valence-corrected chi connectivity index (χ0v) is 54.7. The summed E-state index contributed by atoms with van der Waals surface area (Å²) in [7, 11) is 0. The van der Waals surface area contributed by atoms with E-state index in [4.69, 9.17) is 14.2 Å². The van der Waals surface area contributed by atoms with Crippen LogP contribution in [0, 0.1) is 0 Å². The summed E-state index contributed by atoms with van der Waals surface area (Å²) in [6.07, 6.45) is 96.8. The van der Waals surface area contributed by atoms with Gasteiger partial charge in [0.25, 0.3) is 0 Å². The third kappa shape index (κ3) is 68.7. The maximum atomic E-state index is 12.9. The lowest BCUT2D eigenvalue weighted by Gasteiger charge is -2.18. The number of esters is 3. The molecule has 0 saturated carbocycles. The van der Waals surface area contributed by atoms with Crippen molar-refractivity contribution in [1.29, 1.82) is 0 Å². The molecule has 0 rings (SSSR count). The number of carbonyl (C=O) groups excluding carboxylic acids is 3. The molecule has 0 aliphatic carbocycles. The van der Waals surface area contributed by atoms with Crippen LogP contribution in [0.15, 0.2) is 109 Å². The van der Waals surface area contributed by atoms with Crippen LogP contribution in [0.4, 0.5) is 0 Å². The summed E-state index contributed by atoms with van der Waals surface area (Å²) in [5, 5.41) is 0. The molecule has 0 aliphatic rings. The molecule has 0 spiro atoms. The predicted octanol–water partition coefficient (Wildman–Crippen LogP) is 24.6. The molecule has 0 saturated heterocycles. The average Bonchev–Trinajstić information content (AvgIpc) is 3.49. The van der Waals surface area contributed by atoms with E-state index in [0.29, 0.717) is 19.3 Å². The first-order valence-electron chi connectivity index (χ1n) is 35.4. The van der Waals surface area contributed by atoms with Crippen LogP contribution in [0.1, 0.15) is 342 Å². The number of rotatable bonds is 64. The molecule has 1 atom stereocenters. The molecule has 0 radical (unpaired) electrons. The van der Waals surface area contributed by atoms with Gasteiger partial charge in [-0.15, -0.1) is 0 Å². The normalized spacial score (nSPS) is 12.8. The highest BCUT2D eigenvalue weighted by Crippen LogP contribution is 2.17. The Morgan fingerprint density at radius 1 is 0.253 bits per heavy atom. The highest BCUT2D eigenvalue weighted by Gasteiger charge is 2.19. The molecule has 0 fully saturated rings. The lowest BCUT2D eigenvalue weighted by atomic mass is 10.0. The van der Waals surface area contributed by atoms with Crippen LogP contribution in [0.2, 0.25) is 0 Å². The standard InChI is InChI=1S/C77H132O6/c1-4-7-10-13-16-19-22-25-27-29-31-32-33-34-35-36-37-38-39-40-41-42-43-44-46-47-49-52-55-58-61-64-67-70-76(79)82-73-74(72-81-75(78)69-66-63-60-57-54-51-24-21-18-15-12-9-6-3)83-77(80)71-68-65-62-59-56-53-50-48-45-30-28-26-23-20-17-14-11-8-5-2/h7,10,16,19,25,27,31-32,34-35,37-38,40-41,43-44,47,49,74H,4-6,8-9,11-15,17-18,20-24,26,28-30,33,36,39,42,45-46,48,50-73H2,1-3H3/b10-7-,19-16-,27-25-,32-31-,35-34-,38-37-,41-40-,44-43-,49-47-. The fourth-order valence-corrected chi connectivity index (χ4v) is 10.0. The molecular formula is C77H132O6. The fourth-order valence-electron chi connectivity index (χ4n) is 10.0. The Hall–Kier alpha value is -3.93. The van der Waals surface area contributed by atoms with E-state index in [1.54, 1.807) is 0 Å². The van der Waals surface area contributed by atoms with Gasteiger partial charge in [-0.3, -0.25) is 14.4 Å². The van der Waals surface area contributed by atoms with E-state index in [9.17, 15) is 14.4 Å². The lowest BCUT2D eigenvalue weighted by Crippen LogP contribution is -2.30. The van der Waals surface area contributed by atoms with Crippen LogP contribution in [0.3, 0.4) is 0 Å². The van der Waals surface area contributed by atoms with Crippen LogP contribution in [0.25, 0.3) is 0 Å². The van der Waals surface area contributed by atoms with Crippen molar-refractivity contribution in [3.05, 3.63) is 109 Å². The van der Waals surface area contributed by atoms with Gasteiger partial charge in [-0.25, -0.2) is 0 Å². The van der Waals surface area contributed by atoms with Gasteiger partial charge < -0.3 is 14.2 Å². The third-order valence-corrected chi connectivity index (χ3v) is 15.3. The summed E-state index contributed by atoms with van der Waals surface area (Å²) in [4.78, 5) is 38.4. The highest BCUT2D eigenvalue weighted by molar-refractivity contribution is 5.71. The number of allylic oxidation sites excluding steroid dienone is 18. The molecule has 1 unspecified atom stereocenters. The van der Waals surface area contributed by atoms with Crippen molar-refractivity contribution < 1.29 is 28.6 Å². The molecule has 83 heavy (non-hydrogen) atoms. The molecular weight excluding hydrogens is 1020 g/mol. The fraction of sp³-hybridized carbons (Fsp3) is 0.727. The molecule has 0 aromatic heterocycles. The monoisotopic (exact) mass is 1150 g/mol. The molecule has 6 nitrogen and oxygen atoms in total. The molecule has 476 valence electrons. The highest BCUT2D eigenvalue weighted by atomic mass is 16.6. The van der Waals surface area contributed by atoms with Crippen molar-refractivity contribution in [2.45, 2.75) is 348 Å². The minimum atomic E-state index is -0.785. The van der Waals surface area contributed by atoms with Gasteiger partial charge in [-0.1, -0.05) is 342 Å². The first-order valence-corrected chi connectivity index (χ1v) is 35.4. The Morgan fingerprint density at radius 3 is 0.735 bits per heavy atom. The van der Waals surface area contributed by atoms with E-state index in [-0.39, 0.29) is 31.1 Å². The van der Waals surface area contributed by atoms with Crippen LogP contribution < -0.4 is 0 Å². The lowest BCUT2D eigenvalue weighted by molar-refractivity contribution is -0.167.